The van der Waals surface area contributed by atoms with Crippen molar-refractivity contribution in [3.8, 4) is 11.3 Å². The van der Waals surface area contributed by atoms with E-state index < -0.39 is 6.10 Å². The Morgan fingerprint density at radius 2 is 1.82 bits per heavy atom. The van der Waals surface area contributed by atoms with Crippen LogP contribution in [0.4, 0.5) is 0 Å². The summed E-state index contributed by atoms with van der Waals surface area (Å²) in [5, 5.41) is 28.6. The van der Waals surface area contributed by atoms with Crippen LogP contribution in [0.5, 0.6) is 0 Å². The first-order valence-corrected chi connectivity index (χ1v) is 7.96. The second kappa shape index (κ2) is 6.55. The molecule has 1 aliphatic rings. The van der Waals surface area contributed by atoms with Crippen LogP contribution in [0, 0.1) is 0 Å². The lowest BCUT2D eigenvalue weighted by atomic mass is 9.88. The molecule has 1 aromatic heterocycles. The zero-order valence-electron chi connectivity index (χ0n) is 12.9. The topological polar surface area (TPSA) is 66.2 Å². The largest absolute Gasteiger partial charge is 0.393 e. The average molecular weight is 298 g/mol. The maximum absolute atomic E-state index is 10.0. The molecule has 2 aromatic rings. The van der Waals surface area contributed by atoms with Gasteiger partial charge in [0.1, 0.15) is 0 Å². The Morgan fingerprint density at radius 1 is 1.05 bits per heavy atom. The van der Waals surface area contributed by atoms with Crippen molar-refractivity contribution in [2.75, 3.05) is 0 Å². The fourth-order valence-corrected chi connectivity index (χ4v) is 3.20. The minimum Gasteiger partial charge on any atom is -0.393 e. The summed E-state index contributed by atoms with van der Waals surface area (Å²) in [5.74, 6) is 0. The SMILES string of the molecule is CC(O)c1nnc(-c2ccccc2)c2c1CCC(O)CCC2. The fourth-order valence-electron chi connectivity index (χ4n) is 3.20. The van der Waals surface area contributed by atoms with Gasteiger partial charge in [-0.05, 0) is 50.2 Å². The van der Waals surface area contributed by atoms with Gasteiger partial charge in [-0.3, -0.25) is 0 Å². The Bertz CT molecular complexity index is 641. The highest BCUT2D eigenvalue weighted by Crippen LogP contribution is 2.31. The Labute approximate surface area is 130 Å². The number of aliphatic hydroxyl groups is 2. The van der Waals surface area contributed by atoms with Crippen molar-refractivity contribution >= 4 is 0 Å². The molecule has 0 bridgehead atoms. The van der Waals surface area contributed by atoms with E-state index in [1.54, 1.807) is 6.92 Å². The minimum atomic E-state index is -0.636. The number of aliphatic hydroxyl groups excluding tert-OH is 2. The molecule has 0 radical (unpaired) electrons. The third-order valence-corrected chi connectivity index (χ3v) is 4.35. The van der Waals surface area contributed by atoms with Crippen molar-refractivity contribution in [3.05, 3.63) is 47.2 Å². The molecule has 22 heavy (non-hydrogen) atoms. The Kier molecular flexibility index (Phi) is 4.50. The lowest BCUT2D eigenvalue weighted by molar-refractivity contribution is 0.149. The number of hydrogen-bond acceptors (Lipinski definition) is 4. The quantitative estimate of drug-likeness (QED) is 0.894. The first-order valence-electron chi connectivity index (χ1n) is 7.96. The zero-order valence-corrected chi connectivity index (χ0v) is 12.9. The van der Waals surface area contributed by atoms with E-state index in [0.717, 1.165) is 42.5 Å². The highest BCUT2D eigenvalue weighted by atomic mass is 16.3. The minimum absolute atomic E-state index is 0.261. The van der Waals surface area contributed by atoms with Gasteiger partial charge >= 0.3 is 0 Å². The van der Waals surface area contributed by atoms with Crippen molar-refractivity contribution < 1.29 is 10.2 Å². The summed E-state index contributed by atoms with van der Waals surface area (Å²) in [7, 11) is 0. The van der Waals surface area contributed by atoms with Gasteiger partial charge in [-0.15, -0.1) is 5.10 Å². The number of nitrogens with zero attached hydrogens (tertiary/aromatic N) is 2. The third kappa shape index (κ3) is 3.03. The van der Waals surface area contributed by atoms with Crippen LogP contribution >= 0.6 is 0 Å². The fraction of sp³-hybridized carbons (Fsp3) is 0.444. The summed E-state index contributed by atoms with van der Waals surface area (Å²) in [6, 6.07) is 10.1. The molecule has 0 aliphatic heterocycles. The maximum atomic E-state index is 10.0. The molecule has 2 N–H and O–H groups in total. The van der Waals surface area contributed by atoms with Crippen LogP contribution in [-0.2, 0) is 12.8 Å². The molecular formula is C18H22N2O2. The van der Waals surface area contributed by atoms with Crippen LogP contribution in [0.15, 0.2) is 30.3 Å². The van der Waals surface area contributed by atoms with Crippen LogP contribution in [-0.4, -0.2) is 26.5 Å². The standard InChI is InChI=1S/C18H22N2O2/c1-12(21)17-16-11-10-14(22)8-5-9-15(16)18(20-19-17)13-6-3-2-4-7-13/h2-4,6-7,12,14,21-22H,5,8-11H2,1H3. The van der Waals surface area contributed by atoms with Crippen LogP contribution in [0.2, 0.25) is 0 Å². The third-order valence-electron chi connectivity index (χ3n) is 4.35. The summed E-state index contributed by atoms with van der Waals surface area (Å²) < 4.78 is 0. The molecule has 4 nitrogen and oxygen atoms in total. The Hall–Kier alpha value is -1.78. The summed E-state index contributed by atoms with van der Waals surface area (Å²) in [6.45, 7) is 1.72. The van der Waals surface area contributed by atoms with E-state index in [4.69, 9.17) is 0 Å². The van der Waals surface area contributed by atoms with E-state index in [-0.39, 0.29) is 6.10 Å². The van der Waals surface area contributed by atoms with Gasteiger partial charge in [0.25, 0.3) is 0 Å². The molecule has 2 unspecified atom stereocenters. The molecule has 1 heterocycles. The van der Waals surface area contributed by atoms with Crippen molar-refractivity contribution in [1.82, 2.24) is 10.2 Å². The monoisotopic (exact) mass is 298 g/mol. The molecule has 4 heteroatoms. The predicted octanol–water partition coefficient (Wildman–Crippen LogP) is 2.83. The second-order valence-electron chi connectivity index (χ2n) is 6.02. The molecular weight excluding hydrogens is 276 g/mol. The maximum Gasteiger partial charge on any atom is 0.0964 e. The summed E-state index contributed by atoms with van der Waals surface area (Å²) in [4.78, 5) is 0. The van der Waals surface area contributed by atoms with Crippen molar-refractivity contribution in [1.29, 1.82) is 0 Å². The Morgan fingerprint density at radius 3 is 2.55 bits per heavy atom. The van der Waals surface area contributed by atoms with E-state index in [1.807, 2.05) is 30.3 Å². The normalized spacial score (nSPS) is 19.9. The lowest BCUT2D eigenvalue weighted by Crippen LogP contribution is -2.17. The van der Waals surface area contributed by atoms with Crippen LogP contribution < -0.4 is 0 Å². The van der Waals surface area contributed by atoms with Gasteiger partial charge in [-0.1, -0.05) is 30.3 Å². The molecule has 0 saturated heterocycles. The molecule has 3 rings (SSSR count). The molecule has 116 valence electrons. The molecule has 0 amide bonds. The predicted molar refractivity (Wildman–Crippen MR) is 85.4 cm³/mol. The first-order chi connectivity index (χ1) is 10.7. The van der Waals surface area contributed by atoms with Crippen LogP contribution in [0.3, 0.4) is 0 Å². The summed E-state index contributed by atoms with van der Waals surface area (Å²) in [6.07, 6.45) is 3.18. The van der Waals surface area contributed by atoms with Crippen molar-refractivity contribution in [2.24, 2.45) is 0 Å². The smallest absolute Gasteiger partial charge is 0.0964 e. The lowest BCUT2D eigenvalue weighted by Gasteiger charge is -2.22. The molecule has 0 fully saturated rings. The number of rotatable bonds is 2. The average Bonchev–Trinajstić information content (AvgIpc) is 2.51. The number of fused-ring (bicyclic) bond motifs is 1. The molecule has 0 saturated carbocycles. The Balaban J connectivity index is 2.13. The van der Waals surface area contributed by atoms with Crippen molar-refractivity contribution in [2.45, 2.75) is 51.2 Å². The summed E-state index contributed by atoms with van der Waals surface area (Å²) in [5.41, 5.74) is 4.89. The van der Waals surface area contributed by atoms with E-state index in [1.165, 1.54) is 5.56 Å². The molecule has 1 aliphatic carbocycles. The highest BCUT2D eigenvalue weighted by molar-refractivity contribution is 5.64. The second-order valence-corrected chi connectivity index (χ2v) is 6.02. The van der Waals surface area contributed by atoms with Crippen molar-refractivity contribution in [3.63, 3.8) is 0 Å². The molecule has 1 aromatic carbocycles. The van der Waals surface area contributed by atoms with Crippen LogP contribution in [0.1, 0.15) is 49.1 Å². The number of aromatic nitrogens is 2. The van der Waals surface area contributed by atoms with E-state index >= 15 is 0 Å². The van der Waals surface area contributed by atoms with Crippen LogP contribution in [0.25, 0.3) is 11.3 Å². The molecule has 0 spiro atoms. The molecule has 2 atom stereocenters. The number of benzene rings is 1. The van der Waals surface area contributed by atoms with Gasteiger partial charge in [-0.25, -0.2) is 0 Å². The first kappa shape index (κ1) is 15.1. The van der Waals surface area contributed by atoms with E-state index in [0.29, 0.717) is 12.1 Å². The number of hydrogen-bond donors (Lipinski definition) is 2. The van der Waals surface area contributed by atoms with Gasteiger partial charge < -0.3 is 10.2 Å². The summed E-state index contributed by atoms with van der Waals surface area (Å²) >= 11 is 0. The van der Waals surface area contributed by atoms with Gasteiger partial charge in [0, 0.05) is 5.56 Å². The van der Waals surface area contributed by atoms with Gasteiger partial charge in [0.15, 0.2) is 0 Å². The van der Waals surface area contributed by atoms with Gasteiger partial charge in [-0.2, -0.15) is 5.10 Å². The van der Waals surface area contributed by atoms with Gasteiger partial charge in [0.05, 0.1) is 23.6 Å². The highest BCUT2D eigenvalue weighted by Gasteiger charge is 2.22. The van der Waals surface area contributed by atoms with E-state index in [2.05, 4.69) is 10.2 Å². The van der Waals surface area contributed by atoms with E-state index in [9.17, 15) is 10.2 Å². The zero-order chi connectivity index (χ0) is 15.5. The van der Waals surface area contributed by atoms with Gasteiger partial charge in [0.2, 0.25) is 0 Å².